The van der Waals surface area contributed by atoms with Crippen LogP contribution in [-0.4, -0.2) is 125 Å². The summed E-state index contributed by atoms with van der Waals surface area (Å²) in [6, 6.07) is 15.6. The quantitative estimate of drug-likeness (QED) is 0.130. The number of urea groups is 1. The van der Waals surface area contributed by atoms with Gasteiger partial charge in [-0.25, -0.2) is 4.79 Å². The molecular weight excluding hydrogens is 610 g/mol. The highest BCUT2D eigenvalue weighted by Crippen LogP contribution is 2.23. The van der Waals surface area contributed by atoms with E-state index in [0.717, 1.165) is 22.2 Å². The second kappa shape index (κ2) is 15.4. The summed E-state index contributed by atoms with van der Waals surface area (Å²) in [5, 5.41) is 33.1. The van der Waals surface area contributed by atoms with E-state index in [0.29, 0.717) is 44.1 Å². The molecule has 0 radical (unpaired) electrons. The second-order valence-electron chi connectivity index (χ2n) is 11.7. The molecule has 15 nitrogen and oxygen atoms in total. The predicted molar refractivity (Wildman–Crippen MR) is 171 cm³/mol. The minimum Gasteiger partial charge on any atom is -0.489 e. The number of aryl methyl sites for hydroxylation is 1. The number of aliphatic hydroxyl groups excluding tert-OH is 3. The van der Waals surface area contributed by atoms with Crippen LogP contribution in [0.1, 0.15) is 21.6 Å². The molecule has 0 unspecified atom stereocenters. The number of carbonyl (C=O) groups excluding carboxylic acids is 4. The van der Waals surface area contributed by atoms with Gasteiger partial charge in [-0.3, -0.25) is 34.9 Å². The van der Waals surface area contributed by atoms with Gasteiger partial charge in [-0.05, 0) is 50.4 Å². The van der Waals surface area contributed by atoms with Gasteiger partial charge in [0.05, 0.1) is 37.4 Å². The van der Waals surface area contributed by atoms with Crippen LogP contribution in [0.2, 0.25) is 0 Å². The van der Waals surface area contributed by atoms with Crippen LogP contribution in [0, 0.1) is 6.92 Å². The molecule has 0 aliphatic carbocycles. The number of benzene rings is 2. The SMILES string of the molecule is Cc1cc(COc2ccc(C(=O)NCC3(N4CCN(C)CC4)C(=O)NC(=O)NC3=O)cc2)c2ccccc2n1.NC(CO)(CO)CO. The zero-order valence-corrected chi connectivity index (χ0v) is 26.4. The predicted octanol–water partition coefficient (Wildman–Crippen LogP) is -1.13. The monoisotopic (exact) mass is 651 g/mol. The van der Waals surface area contributed by atoms with Gasteiger partial charge in [0.15, 0.2) is 5.54 Å². The standard InChI is InChI=1S/C28H30N6O5.C4H11NO3/c1-18-15-20(22-5-3-4-6-23(22)30-18)16-39-21-9-7-19(8-10-21)24(35)29-17-28(34-13-11-33(2)12-14-34)25(36)31-27(38)32-26(28)37;5-4(1-6,2-7)3-8/h3-10,15H,11-14,16-17H2,1-2H3,(H,29,35)(H2,31,32,36,37,38);6-8H,1-3,5H2. The van der Waals surface area contributed by atoms with E-state index in [1.54, 1.807) is 29.2 Å². The van der Waals surface area contributed by atoms with Gasteiger partial charge in [0.1, 0.15) is 12.4 Å². The van der Waals surface area contributed by atoms with Crippen molar-refractivity contribution in [2.75, 3.05) is 59.6 Å². The maximum atomic E-state index is 13.0. The number of hydrogen-bond donors (Lipinski definition) is 7. The molecule has 5 rings (SSSR count). The normalized spacial score (nSPS) is 16.9. The first-order chi connectivity index (χ1) is 22.4. The first-order valence-corrected chi connectivity index (χ1v) is 15.0. The Labute approximate surface area is 271 Å². The summed E-state index contributed by atoms with van der Waals surface area (Å²) in [6.45, 7) is 2.93. The van der Waals surface area contributed by atoms with Crippen LogP contribution >= 0.6 is 0 Å². The summed E-state index contributed by atoms with van der Waals surface area (Å²) >= 11 is 0. The van der Waals surface area contributed by atoms with Gasteiger partial charge in [-0.15, -0.1) is 0 Å². The summed E-state index contributed by atoms with van der Waals surface area (Å²) in [4.78, 5) is 59.0. The third-order valence-electron chi connectivity index (χ3n) is 8.14. The van der Waals surface area contributed by atoms with E-state index in [9.17, 15) is 19.2 Å². The molecule has 0 bridgehead atoms. The molecule has 5 amide bonds. The van der Waals surface area contributed by atoms with Crippen molar-refractivity contribution in [3.63, 3.8) is 0 Å². The Morgan fingerprint density at radius 1 is 0.979 bits per heavy atom. The fourth-order valence-corrected chi connectivity index (χ4v) is 5.13. The maximum absolute atomic E-state index is 13.0. The van der Waals surface area contributed by atoms with Crippen LogP contribution in [0.3, 0.4) is 0 Å². The summed E-state index contributed by atoms with van der Waals surface area (Å²) in [5.74, 6) is -1.36. The van der Waals surface area contributed by atoms with E-state index in [1.807, 2.05) is 44.3 Å². The van der Waals surface area contributed by atoms with Gasteiger partial charge in [0.25, 0.3) is 17.7 Å². The van der Waals surface area contributed by atoms with E-state index in [2.05, 4.69) is 25.8 Å². The van der Waals surface area contributed by atoms with Crippen LogP contribution in [-0.2, 0) is 16.2 Å². The lowest BCUT2D eigenvalue weighted by molar-refractivity contribution is -0.148. The number of fused-ring (bicyclic) bond motifs is 1. The summed E-state index contributed by atoms with van der Waals surface area (Å²) < 4.78 is 5.98. The molecule has 2 aromatic carbocycles. The number of barbiturate groups is 1. The summed E-state index contributed by atoms with van der Waals surface area (Å²) in [6.07, 6.45) is 0. The Kier molecular flexibility index (Phi) is 11.6. The molecular formula is C32H41N7O8. The minimum atomic E-state index is -1.72. The Morgan fingerprint density at radius 3 is 2.15 bits per heavy atom. The van der Waals surface area contributed by atoms with E-state index in [-0.39, 0.29) is 6.54 Å². The number of ether oxygens (including phenoxy) is 1. The fraction of sp³-hybridized carbons (Fsp3) is 0.406. The van der Waals surface area contributed by atoms with Crippen LogP contribution in [0.5, 0.6) is 5.75 Å². The van der Waals surface area contributed by atoms with Crippen molar-refractivity contribution in [2.24, 2.45) is 5.73 Å². The Balaban J connectivity index is 0.000000555. The van der Waals surface area contributed by atoms with Crippen molar-refractivity contribution in [3.8, 4) is 5.75 Å². The lowest BCUT2D eigenvalue weighted by atomic mass is 9.91. The fourth-order valence-electron chi connectivity index (χ4n) is 5.13. The summed E-state index contributed by atoms with van der Waals surface area (Å²) in [7, 11) is 1.95. The number of nitrogens with zero attached hydrogens (tertiary/aromatic N) is 3. The average molecular weight is 652 g/mol. The van der Waals surface area contributed by atoms with Gasteiger partial charge in [-0.2, -0.15) is 0 Å². The molecule has 1 aromatic heterocycles. The molecule has 8 N–H and O–H groups in total. The number of para-hydroxylation sites is 1. The van der Waals surface area contributed by atoms with Crippen molar-refractivity contribution >= 4 is 34.7 Å². The maximum Gasteiger partial charge on any atom is 0.328 e. The van der Waals surface area contributed by atoms with Crippen molar-refractivity contribution < 1.29 is 39.2 Å². The Morgan fingerprint density at radius 2 is 1.57 bits per heavy atom. The van der Waals surface area contributed by atoms with E-state index in [1.165, 1.54) is 0 Å². The average Bonchev–Trinajstić information content (AvgIpc) is 3.07. The van der Waals surface area contributed by atoms with Gasteiger partial charge in [-0.1, -0.05) is 18.2 Å². The lowest BCUT2D eigenvalue weighted by Gasteiger charge is -2.45. The number of aliphatic hydroxyl groups is 3. The Hall–Kier alpha value is -4.51. The first kappa shape index (κ1) is 35.3. The van der Waals surface area contributed by atoms with Crippen LogP contribution in [0.25, 0.3) is 10.9 Å². The molecule has 2 fully saturated rings. The largest absolute Gasteiger partial charge is 0.489 e. The topological polar surface area (TPSA) is 220 Å². The van der Waals surface area contributed by atoms with Crippen molar-refractivity contribution in [2.45, 2.75) is 24.6 Å². The van der Waals surface area contributed by atoms with Gasteiger partial charge >= 0.3 is 6.03 Å². The second-order valence-corrected chi connectivity index (χ2v) is 11.7. The number of imide groups is 2. The molecule has 47 heavy (non-hydrogen) atoms. The van der Waals surface area contributed by atoms with Crippen molar-refractivity contribution in [1.82, 2.24) is 30.7 Å². The number of piperazine rings is 1. The van der Waals surface area contributed by atoms with Crippen molar-refractivity contribution in [3.05, 3.63) is 71.4 Å². The third-order valence-corrected chi connectivity index (χ3v) is 8.14. The highest BCUT2D eigenvalue weighted by atomic mass is 16.5. The molecule has 2 aliphatic rings. The number of carbonyl (C=O) groups is 4. The van der Waals surface area contributed by atoms with Crippen LogP contribution < -0.4 is 26.4 Å². The third kappa shape index (κ3) is 8.26. The highest BCUT2D eigenvalue weighted by molar-refractivity contribution is 6.22. The number of likely N-dealkylation sites (N-methyl/N-ethyl adjacent to an activating group) is 1. The zero-order chi connectivity index (χ0) is 34.2. The van der Waals surface area contributed by atoms with E-state index >= 15 is 0 Å². The molecule has 3 heterocycles. The lowest BCUT2D eigenvalue weighted by Crippen LogP contribution is -2.77. The molecule has 3 aromatic rings. The molecule has 0 spiro atoms. The van der Waals surface area contributed by atoms with Gasteiger partial charge in [0.2, 0.25) is 0 Å². The number of nitrogens with one attached hydrogen (secondary N) is 3. The van der Waals surface area contributed by atoms with Crippen LogP contribution in [0.15, 0.2) is 54.6 Å². The number of hydrogen-bond acceptors (Lipinski definition) is 12. The molecule has 0 atom stereocenters. The van der Waals surface area contributed by atoms with Crippen LogP contribution in [0.4, 0.5) is 4.79 Å². The van der Waals surface area contributed by atoms with E-state index in [4.69, 9.17) is 25.8 Å². The first-order valence-electron chi connectivity index (χ1n) is 15.0. The number of pyridine rings is 1. The zero-order valence-electron chi connectivity index (χ0n) is 26.4. The number of aromatic nitrogens is 1. The highest BCUT2D eigenvalue weighted by Gasteiger charge is 2.55. The summed E-state index contributed by atoms with van der Waals surface area (Å²) in [5.41, 5.74) is 5.37. The molecule has 0 saturated carbocycles. The van der Waals surface area contributed by atoms with Gasteiger partial charge in [0, 0.05) is 48.4 Å². The number of rotatable bonds is 10. The van der Waals surface area contributed by atoms with E-state index < -0.39 is 54.7 Å². The smallest absolute Gasteiger partial charge is 0.328 e. The molecule has 15 heteroatoms. The molecule has 2 saturated heterocycles. The minimum absolute atomic E-state index is 0.285. The van der Waals surface area contributed by atoms with Gasteiger partial charge < -0.3 is 36.0 Å². The number of nitrogens with two attached hydrogens (primary N) is 1. The Bertz CT molecular complexity index is 1560. The number of amides is 5. The molecule has 252 valence electrons. The molecule has 2 aliphatic heterocycles. The van der Waals surface area contributed by atoms with Crippen molar-refractivity contribution in [1.29, 1.82) is 0 Å².